The second-order valence-electron chi connectivity index (χ2n) is 7.32. The molecule has 0 radical (unpaired) electrons. The van der Waals surface area contributed by atoms with Gasteiger partial charge in [0.05, 0.1) is 11.3 Å². The quantitative estimate of drug-likeness (QED) is 0.549. The third-order valence-corrected chi connectivity index (χ3v) is 5.52. The first-order chi connectivity index (χ1) is 15.2. The van der Waals surface area contributed by atoms with Gasteiger partial charge in [0.2, 0.25) is 5.88 Å². The van der Waals surface area contributed by atoms with Gasteiger partial charge in [-0.3, -0.25) is 4.79 Å². The molecule has 1 aliphatic rings. The van der Waals surface area contributed by atoms with Gasteiger partial charge in [-0.15, -0.1) is 0 Å². The molecular formula is C24H24ClN3O3. The van der Waals surface area contributed by atoms with Gasteiger partial charge in [0.25, 0.3) is 5.91 Å². The Morgan fingerprint density at radius 3 is 2.58 bits per heavy atom. The third kappa shape index (κ3) is 4.81. The fraction of sp³-hybridized carbons (Fsp3) is 0.250. The van der Waals surface area contributed by atoms with Crippen LogP contribution in [0.1, 0.15) is 28.8 Å². The number of carbonyl (C=O) groups is 1. The highest BCUT2D eigenvalue weighted by molar-refractivity contribution is 6.31. The van der Waals surface area contributed by atoms with Gasteiger partial charge in [-0.2, -0.15) is 0 Å². The SMILES string of the molecule is O=C(Nc1ccccc1)c1ccc(Oc2ncccc2Cl)c(CCO)c1N1CCCC1. The summed E-state index contributed by atoms with van der Waals surface area (Å²) < 4.78 is 6.03. The average Bonchev–Trinajstić information content (AvgIpc) is 3.31. The molecule has 2 N–H and O–H groups in total. The van der Waals surface area contributed by atoms with E-state index in [0.29, 0.717) is 22.8 Å². The lowest BCUT2D eigenvalue weighted by molar-refractivity contribution is 0.102. The number of anilines is 2. The van der Waals surface area contributed by atoms with Crippen LogP contribution in [-0.4, -0.2) is 35.7 Å². The number of nitrogens with zero attached hydrogens (tertiary/aromatic N) is 2. The van der Waals surface area contributed by atoms with Crippen LogP contribution >= 0.6 is 11.6 Å². The minimum absolute atomic E-state index is 0.0725. The predicted molar refractivity (Wildman–Crippen MR) is 122 cm³/mol. The molecule has 0 atom stereocenters. The van der Waals surface area contributed by atoms with Crippen molar-refractivity contribution in [1.82, 2.24) is 4.98 Å². The van der Waals surface area contributed by atoms with Crippen molar-refractivity contribution in [1.29, 1.82) is 0 Å². The number of nitrogens with one attached hydrogen (secondary N) is 1. The van der Waals surface area contributed by atoms with Gasteiger partial charge in [-0.25, -0.2) is 4.98 Å². The summed E-state index contributed by atoms with van der Waals surface area (Å²) in [6.45, 7) is 1.62. The molecule has 2 heterocycles. The number of para-hydroxylation sites is 1. The van der Waals surface area contributed by atoms with Gasteiger partial charge >= 0.3 is 0 Å². The molecule has 0 spiro atoms. The Hall–Kier alpha value is -3.09. The van der Waals surface area contributed by atoms with E-state index in [9.17, 15) is 9.90 Å². The Morgan fingerprint density at radius 2 is 1.87 bits per heavy atom. The van der Waals surface area contributed by atoms with Crippen LogP contribution in [0.15, 0.2) is 60.8 Å². The van der Waals surface area contributed by atoms with Crippen LogP contribution in [0.4, 0.5) is 11.4 Å². The maximum absolute atomic E-state index is 13.2. The summed E-state index contributed by atoms with van der Waals surface area (Å²) in [6.07, 6.45) is 4.05. The van der Waals surface area contributed by atoms with E-state index in [2.05, 4.69) is 15.2 Å². The maximum Gasteiger partial charge on any atom is 0.257 e. The summed E-state index contributed by atoms with van der Waals surface area (Å²) in [5.41, 5.74) is 2.84. The predicted octanol–water partition coefficient (Wildman–Crippen LogP) is 4.91. The molecule has 1 amide bonds. The first kappa shape index (κ1) is 21.2. The van der Waals surface area contributed by atoms with Gasteiger partial charge < -0.3 is 20.1 Å². The lowest BCUT2D eigenvalue weighted by Gasteiger charge is -2.26. The normalized spacial score (nSPS) is 13.3. The van der Waals surface area contributed by atoms with E-state index in [4.69, 9.17) is 16.3 Å². The lowest BCUT2D eigenvalue weighted by atomic mass is 10.0. The first-order valence-electron chi connectivity index (χ1n) is 10.3. The van der Waals surface area contributed by atoms with Crippen molar-refractivity contribution in [3.8, 4) is 11.6 Å². The molecule has 3 aromatic rings. The number of aromatic nitrogens is 1. The topological polar surface area (TPSA) is 74.7 Å². The highest BCUT2D eigenvalue weighted by atomic mass is 35.5. The summed E-state index contributed by atoms with van der Waals surface area (Å²) in [5, 5.41) is 13.1. The average molecular weight is 438 g/mol. The van der Waals surface area contributed by atoms with Crippen molar-refractivity contribution >= 4 is 28.9 Å². The molecule has 1 aromatic heterocycles. The zero-order valence-electron chi connectivity index (χ0n) is 17.1. The second-order valence-corrected chi connectivity index (χ2v) is 7.73. The number of ether oxygens (including phenoxy) is 1. The third-order valence-electron chi connectivity index (χ3n) is 5.23. The van der Waals surface area contributed by atoms with Crippen molar-refractivity contribution in [3.05, 3.63) is 76.9 Å². The minimum Gasteiger partial charge on any atom is -0.437 e. The van der Waals surface area contributed by atoms with E-state index in [-0.39, 0.29) is 18.4 Å². The van der Waals surface area contributed by atoms with Crippen LogP contribution in [0.5, 0.6) is 11.6 Å². The molecule has 7 heteroatoms. The Balaban J connectivity index is 1.77. The van der Waals surface area contributed by atoms with Crippen molar-refractivity contribution in [3.63, 3.8) is 0 Å². The molecule has 0 unspecified atom stereocenters. The highest BCUT2D eigenvalue weighted by Crippen LogP contribution is 2.38. The highest BCUT2D eigenvalue weighted by Gasteiger charge is 2.26. The largest absolute Gasteiger partial charge is 0.437 e. The van der Waals surface area contributed by atoms with Crippen molar-refractivity contribution in [2.75, 3.05) is 29.9 Å². The number of aliphatic hydroxyl groups excluding tert-OH is 1. The second kappa shape index (κ2) is 9.81. The molecule has 0 saturated carbocycles. The summed E-state index contributed by atoms with van der Waals surface area (Å²) in [4.78, 5) is 19.6. The van der Waals surface area contributed by atoms with Crippen LogP contribution in [0.25, 0.3) is 0 Å². The molecule has 0 bridgehead atoms. The molecule has 1 aliphatic heterocycles. The molecule has 6 nitrogen and oxygen atoms in total. The molecule has 4 rings (SSSR count). The van der Waals surface area contributed by atoms with Crippen LogP contribution in [0.2, 0.25) is 5.02 Å². The van der Waals surface area contributed by atoms with E-state index in [1.807, 2.05) is 30.3 Å². The molecular weight excluding hydrogens is 414 g/mol. The number of hydrogen-bond acceptors (Lipinski definition) is 5. The zero-order valence-corrected chi connectivity index (χ0v) is 17.8. The van der Waals surface area contributed by atoms with Crippen LogP contribution < -0.4 is 15.0 Å². The van der Waals surface area contributed by atoms with Gasteiger partial charge in [-0.1, -0.05) is 29.8 Å². The Bertz CT molecular complexity index is 1050. The summed E-state index contributed by atoms with van der Waals surface area (Å²) >= 11 is 6.23. The van der Waals surface area contributed by atoms with Crippen molar-refractivity contribution in [2.24, 2.45) is 0 Å². The summed E-state index contributed by atoms with van der Waals surface area (Å²) in [5.74, 6) is 0.625. The van der Waals surface area contributed by atoms with Gasteiger partial charge in [-0.05, 0) is 49.2 Å². The number of carbonyl (C=O) groups excluding carboxylic acids is 1. The molecule has 1 fully saturated rings. The van der Waals surface area contributed by atoms with Gasteiger partial charge in [0, 0.05) is 43.6 Å². The number of amides is 1. The summed E-state index contributed by atoms with van der Waals surface area (Å²) in [6, 6.07) is 16.3. The number of halogens is 1. The van der Waals surface area contributed by atoms with Crippen LogP contribution in [0, 0.1) is 0 Å². The zero-order chi connectivity index (χ0) is 21.6. The fourth-order valence-electron chi connectivity index (χ4n) is 3.82. The number of pyridine rings is 1. The first-order valence-corrected chi connectivity index (χ1v) is 10.7. The van der Waals surface area contributed by atoms with E-state index in [1.165, 1.54) is 0 Å². The number of aliphatic hydroxyl groups is 1. The minimum atomic E-state index is -0.199. The molecule has 160 valence electrons. The lowest BCUT2D eigenvalue weighted by Crippen LogP contribution is -2.25. The Labute approximate surface area is 186 Å². The smallest absolute Gasteiger partial charge is 0.257 e. The van der Waals surface area contributed by atoms with Crippen LogP contribution in [-0.2, 0) is 6.42 Å². The van der Waals surface area contributed by atoms with Gasteiger partial charge in [0.1, 0.15) is 10.8 Å². The van der Waals surface area contributed by atoms with Gasteiger partial charge in [0.15, 0.2) is 0 Å². The monoisotopic (exact) mass is 437 g/mol. The van der Waals surface area contributed by atoms with E-state index >= 15 is 0 Å². The van der Waals surface area contributed by atoms with E-state index in [0.717, 1.165) is 42.9 Å². The van der Waals surface area contributed by atoms with E-state index < -0.39 is 0 Å². The maximum atomic E-state index is 13.2. The standard InChI is InChI=1S/C24H24ClN3O3/c25-20-9-6-13-26-24(20)31-21-11-10-19(23(30)27-17-7-2-1-3-8-17)22(18(21)12-16-29)28-14-4-5-15-28/h1-3,6-11,13,29H,4-5,12,14-16H2,(H,27,30). The van der Waals surface area contributed by atoms with E-state index in [1.54, 1.807) is 30.5 Å². The molecule has 31 heavy (non-hydrogen) atoms. The fourth-order valence-corrected chi connectivity index (χ4v) is 3.98. The number of hydrogen-bond donors (Lipinski definition) is 2. The molecule has 2 aromatic carbocycles. The van der Waals surface area contributed by atoms with Crippen molar-refractivity contribution in [2.45, 2.75) is 19.3 Å². The Morgan fingerprint density at radius 1 is 1.10 bits per heavy atom. The molecule has 1 saturated heterocycles. The van der Waals surface area contributed by atoms with Crippen LogP contribution in [0.3, 0.4) is 0 Å². The summed E-state index contributed by atoms with van der Waals surface area (Å²) in [7, 11) is 0. The molecule has 0 aliphatic carbocycles. The number of benzene rings is 2. The van der Waals surface area contributed by atoms with Crippen molar-refractivity contribution < 1.29 is 14.6 Å². The number of rotatable bonds is 7. The Kier molecular flexibility index (Phi) is 6.70.